The van der Waals surface area contributed by atoms with Gasteiger partial charge in [0.25, 0.3) is 0 Å². The average Bonchev–Trinajstić information content (AvgIpc) is 2.55. The highest BCUT2D eigenvalue weighted by molar-refractivity contribution is 5.93. The molecule has 4 aromatic rings. The molecule has 0 bridgehead atoms. The van der Waals surface area contributed by atoms with E-state index < -0.39 is 0 Å². The molecule has 1 heterocycles. The third kappa shape index (κ3) is 2.06. The number of aromatic nitrogens is 1. The molecule has 0 amide bonds. The van der Waals surface area contributed by atoms with Crippen molar-refractivity contribution in [2.24, 2.45) is 0 Å². The first kappa shape index (κ1) is 13.0. The van der Waals surface area contributed by atoms with Gasteiger partial charge in [0.2, 0.25) is 0 Å². The van der Waals surface area contributed by atoms with Crippen LogP contribution in [0.15, 0.2) is 66.7 Å². The molecule has 106 valence electrons. The van der Waals surface area contributed by atoms with Crippen LogP contribution in [0.2, 0.25) is 0 Å². The molecule has 0 saturated carbocycles. The van der Waals surface area contributed by atoms with E-state index in [1.807, 2.05) is 6.92 Å². The summed E-state index contributed by atoms with van der Waals surface area (Å²) in [5.41, 5.74) is 5.95. The van der Waals surface area contributed by atoms with Crippen molar-refractivity contribution in [2.75, 3.05) is 0 Å². The first-order chi connectivity index (χ1) is 10.7. The van der Waals surface area contributed by atoms with Crippen molar-refractivity contribution in [1.82, 2.24) is 4.98 Å². The van der Waals surface area contributed by atoms with Crippen LogP contribution in [0.5, 0.6) is 0 Å². The quantitative estimate of drug-likeness (QED) is 0.438. The van der Waals surface area contributed by atoms with Gasteiger partial charge in [0.05, 0.1) is 5.52 Å². The number of rotatable bonds is 1. The summed E-state index contributed by atoms with van der Waals surface area (Å²) in [5.74, 6) is 0. The van der Waals surface area contributed by atoms with Gasteiger partial charge in [0, 0.05) is 11.1 Å². The van der Waals surface area contributed by atoms with Crippen LogP contribution < -0.4 is 0 Å². The Labute approximate surface area is 130 Å². The van der Waals surface area contributed by atoms with Crippen molar-refractivity contribution >= 4 is 21.7 Å². The molecule has 0 aliphatic heterocycles. The Bertz CT molecular complexity index is 999. The number of nitrogens with zero attached hydrogens (tertiary/aromatic N) is 1. The summed E-state index contributed by atoms with van der Waals surface area (Å²) in [5, 5.41) is 3.79. The van der Waals surface area contributed by atoms with Crippen LogP contribution in [0.25, 0.3) is 32.8 Å². The predicted molar refractivity (Wildman–Crippen MR) is 94.2 cm³/mol. The normalized spacial score (nSPS) is 11.2. The van der Waals surface area contributed by atoms with Crippen molar-refractivity contribution in [3.05, 3.63) is 78.0 Å². The largest absolute Gasteiger partial charge is 0.253 e. The van der Waals surface area contributed by atoms with Gasteiger partial charge in [-0.2, -0.15) is 0 Å². The molecule has 4 rings (SSSR count). The number of hydrogen-bond acceptors (Lipinski definition) is 1. The lowest BCUT2D eigenvalue weighted by molar-refractivity contribution is 1.26. The highest BCUT2D eigenvalue weighted by Gasteiger charge is 2.07. The lowest BCUT2D eigenvalue weighted by atomic mass is 9.94. The maximum Gasteiger partial charge on any atom is 0.0711 e. The van der Waals surface area contributed by atoms with E-state index >= 15 is 0 Å². The van der Waals surface area contributed by atoms with Gasteiger partial charge in [-0.25, -0.2) is 0 Å². The van der Waals surface area contributed by atoms with Gasteiger partial charge in [-0.1, -0.05) is 54.6 Å². The number of benzene rings is 3. The summed E-state index contributed by atoms with van der Waals surface area (Å²) in [4.78, 5) is 4.65. The molecule has 0 fully saturated rings. The molecule has 0 unspecified atom stereocenters. The Morgan fingerprint density at radius 1 is 0.727 bits per heavy atom. The molecular weight excluding hydrogens is 266 g/mol. The van der Waals surface area contributed by atoms with Gasteiger partial charge >= 0.3 is 0 Å². The van der Waals surface area contributed by atoms with Crippen LogP contribution in [0.1, 0.15) is 11.3 Å². The zero-order valence-corrected chi connectivity index (χ0v) is 12.8. The number of pyridine rings is 1. The van der Waals surface area contributed by atoms with Crippen molar-refractivity contribution in [3.63, 3.8) is 0 Å². The second-order valence-corrected chi connectivity index (χ2v) is 5.82. The van der Waals surface area contributed by atoms with E-state index in [1.54, 1.807) is 0 Å². The van der Waals surface area contributed by atoms with Crippen LogP contribution >= 0.6 is 0 Å². The monoisotopic (exact) mass is 283 g/mol. The zero-order valence-electron chi connectivity index (χ0n) is 12.8. The van der Waals surface area contributed by atoms with Gasteiger partial charge in [0.15, 0.2) is 0 Å². The minimum absolute atomic E-state index is 1.06. The minimum atomic E-state index is 1.06. The standard InChI is InChI=1S/C21H17N/c1-14-7-8-17-9-10-18(13-21(17)22-14)20-12-11-16-5-3-4-6-19(16)15(20)2/h3-13H,1-2H3. The summed E-state index contributed by atoms with van der Waals surface area (Å²) >= 11 is 0. The smallest absolute Gasteiger partial charge is 0.0711 e. The van der Waals surface area contributed by atoms with Crippen molar-refractivity contribution < 1.29 is 0 Å². The molecule has 0 saturated heterocycles. The topological polar surface area (TPSA) is 12.9 Å². The predicted octanol–water partition coefficient (Wildman–Crippen LogP) is 5.67. The number of hydrogen-bond donors (Lipinski definition) is 0. The molecule has 0 spiro atoms. The molecule has 0 aliphatic carbocycles. The molecular formula is C21H17N. The Balaban J connectivity index is 1.96. The average molecular weight is 283 g/mol. The Morgan fingerprint density at radius 2 is 1.50 bits per heavy atom. The van der Waals surface area contributed by atoms with E-state index in [1.165, 1.54) is 32.8 Å². The fourth-order valence-electron chi connectivity index (χ4n) is 3.13. The fourth-order valence-corrected chi connectivity index (χ4v) is 3.13. The number of fused-ring (bicyclic) bond motifs is 2. The molecule has 0 aliphatic rings. The molecule has 1 heteroatoms. The fraction of sp³-hybridized carbons (Fsp3) is 0.0952. The van der Waals surface area contributed by atoms with E-state index in [4.69, 9.17) is 0 Å². The first-order valence-electron chi connectivity index (χ1n) is 7.58. The third-order valence-electron chi connectivity index (χ3n) is 4.34. The summed E-state index contributed by atoms with van der Waals surface area (Å²) in [6, 6.07) is 23.7. The van der Waals surface area contributed by atoms with E-state index in [0.717, 1.165) is 11.2 Å². The molecule has 3 aromatic carbocycles. The Morgan fingerprint density at radius 3 is 2.41 bits per heavy atom. The van der Waals surface area contributed by atoms with Crippen LogP contribution in [0, 0.1) is 13.8 Å². The molecule has 0 N–H and O–H groups in total. The Kier molecular flexibility index (Phi) is 2.93. The lowest BCUT2D eigenvalue weighted by Crippen LogP contribution is -1.88. The molecule has 22 heavy (non-hydrogen) atoms. The minimum Gasteiger partial charge on any atom is -0.253 e. The van der Waals surface area contributed by atoms with Crippen molar-refractivity contribution in [1.29, 1.82) is 0 Å². The van der Waals surface area contributed by atoms with E-state index in [-0.39, 0.29) is 0 Å². The van der Waals surface area contributed by atoms with Crippen molar-refractivity contribution in [2.45, 2.75) is 13.8 Å². The van der Waals surface area contributed by atoms with Gasteiger partial charge in [-0.3, -0.25) is 4.98 Å². The lowest BCUT2D eigenvalue weighted by Gasteiger charge is -2.10. The van der Waals surface area contributed by atoms with E-state index in [2.05, 4.69) is 78.6 Å². The van der Waals surface area contributed by atoms with Crippen molar-refractivity contribution in [3.8, 4) is 11.1 Å². The second kappa shape index (κ2) is 4.96. The summed E-state index contributed by atoms with van der Waals surface area (Å²) in [6.45, 7) is 4.24. The summed E-state index contributed by atoms with van der Waals surface area (Å²) < 4.78 is 0. The van der Waals surface area contributed by atoms with Gasteiger partial charge in [0.1, 0.15) is 0 Å². The molecule has 0 radical (unpaired) electrons. The Hall–Kier alpha value is -2.67. The molecule has 0 atom stereocenters. The SMILES string of the molecule is Cc1ccc2ccc(-c3ccc4ccccc4c3C)cc2n1. The van der Waals surface area contributed by atoms with Crippen LogP contribution in [0.4, 0.5) is 0 Å². The maximum atomic E-state index is 4.65. The third-order valence-corrected chi connectivity index (χ3v) is 4.34. The van der Waals surface area contributed by atoms with E-state index in [0.29, 0.717) is 0 Å². The summed E-state index contributed by atoms with van der Waals surface area (Å²) in [6.07, 6.45) is 0. The van der Waals surface area contributed by atoms with Crippen LogP contribution in [-0.4, -0.2) is 4.98 Å². The second-order valence-electron chi connectivity index (χ2n) is 5.82. The first-order valence-corrected chi connectivity index (χ1v) is 7.58. The molecule has 1 nitrogen and oxygen atoms in total. The van der Waals surface area contributed by atoms with E-state index in [9.17, 15) is 0 Å². The van der Waals surface area contributed by atoms with Crippen LogP contribution in [0.3, 0.4) is 0 Å². The van der Waals surface area contributed by atoms with Gasteiger partial charge in [-0.15, -0.1) is 0 Å². The summed E-state index contributed by atoms with van der Waals surface area (Å²) in [7, 11) is 0. The highest BCUT2D eigenvalue weighted by Crippen LogP contribution is 2.31. The van der Waals surface area contributed by atoms with Crippen LogP contribution in [-0.2, 0) is 0 Å². The highest BCUT2D eigenvalue weighted by atomic mass is 14.7. The maximum absolute atomic E-state index is 4.65. The van der Waals surface area contributed by atoms with Gasteiger partial charge in [-0.05, 0) is 53.4 Å². The molecule has 1 aromatic heterocycles. The zero-order chi connectivity index (χ0) is 15.1. The number of aryl methyl sites for hydroxylation is 2. The van der Waals surface area contributed by atoms with Gasteiger partial charge < -0.3 is 0 Å².